The van der Waals surface area contributed by atoms with E-state index in [9.17, 15) is 4.79 Å². The van der Waals surface area contributed by atoms with Gasteiger partial charge in [-0.25, -0.2) is 0 Å². The predicted octanol–water partition coefficient (Wildman–Crippen LogP) is 2.54. The summed E-state index contributed by atoms with van der Waals surface area (Å²) in [6.45, 7) is 5.30. The highest BCUT2D eigenvalue weighted by Crippen LogP contribution is 1.94. The van der Waals surface area contributed by atoms with Gasteiger partial charge in [-0.2, -0.15) is 0 Å². The van der Waals surface area contributed by atoms with Crippen LogP contribution in [0.1, 0.15) is 20.8 Å². The minimum absolute atomic E-state index is 0.0139. The maximum Gasteiger partial charge on any atom is 0.156 e. The molecule has 0 bridgehead atoms. The Kier molecular flexibility index (Phi) is 4.77. The summed E-state index contributed by atoms with van der Waals surface area (Å²) < 4.78 is 0. The highest BCUT2D eigenvalue weighted by Gasteiger charge is 1.87. The number of allylic oxidation sites excluding steroid dienone is 5. The monoisotopic (exact) mass is 166 g/mol. The summed E-state index contributed by atoms with van der Waals surface area (Å²) in [7, 11) is 0. The van der Waals surface area contributed by atoms with E-state index in [0.29, 0.717) is 0 Å². The fourth-order valence-electron chi connectivity index (χ4n) is 0.596. The van der Waals surface area contributed by atoms with Gasteiger partial charge in [-0.15, -0.1) is 0 Å². The lowest BCUT2D eigenvalue weighted by atomic mass is 10.3. The molecular weight excluding hydrogens is 152 g/mol. The molecular formula is C10H14O2. The summed E-state index contributed by atoms with van der Waals surface area (Å²) in [4.78, 5) is 10.5. The summed E-state index contributed by atoms with van der Waals surface area (Å²) in [5.74, 6) is -0.172. The second kappa shape index (κ2) is 5.35. The van der Waals surface area contributed by atoms with E-state index < -0.39 is 0 Å². The van der Waals surface area contributed by atoms with Crippen molar-refractivity contribution >= 4 is 5.78 Å². The molecule has 0 rings (SSSR count). The molecule has 0 amide bonds. The van der Waals surface area contributed by atoms with E-state index in [4.69, 9.17) is 5.11 Å². The van der Waals surface area contributed by atoms with Crippen molar-refractivity contribution in [2.24, 2.45) is 0 Å². The third kappa shape index (κ3) is 6.81. The summed E-state index contributed by atoms with van der Waals surface area (Å²) in [5.41, 5.74) is 1.14. The Morgan fingerprint density at radius 3 is 2.25 bits per heavy atom. The van der Waals surface area contributed by atoms with Crippen LogP contribution >= 0.6 is 0 Å². The van der Waals surface area contributed by atoms with E-state index in [-0.39, 0.29) is 11.5 Å². The molecule has 0 heterocycles. The van der Waals surface area contributed by atoms with Crippen LogP contribution in [0, 0.1) is 0 Å². The van der Waals surface area contributed by atoms with Crippen molar-refractivity contribution in [3.05, 3.63) is 35.6 Å². The minimum atomic E-state index is -0.158. The van der Waals surface area contributed by atoms with E-state index in [2.05, 4.69) is 0 Å². The molecule has 0 saturated carbocycles. The molecule has 12 heavy (non-hydrogen) atoms. The third-order valence-electron chi connectivity index (χ3n) is 1.05. The normalized spacial score (nSPS) is 11.8. The van der Waals surface area contributed by atoms with Gasteiger partial charge < -0.3 is 5.11 Å². The van der Waals surface area contributed by atoms with Crippen LogP contribution in [0.3, 0.4) is 0 Å². The Balaban J connectivity index is 4.18. The van der Waals surface area contributed by atoms with Gasteiger partial charge in [-0.3, -0.25) is 4.79 Å². The molecule has 0 atom stereocenters. The molecule has 1 N–H and O–H groups in total. The van der Waals surface area contributed by atoms with Gasteiger partial charge >= 0.3 is 0 Å². The first-order valence-corrected chi connectivity index (χ1v) is 3.75. The number of aliphatic hydroxyl groups excluding tert-OH is 1. The van der Waals surface area contributed by atoms with Gasteiger partial charge in [0.15, 0.2) is 5.78 Å². The lowest BCUT2D eigenvalue weighted by Crippen LogP contribution is -1.84. The molecule has 0 radical (unpaired) electrons. The number of carbonyl (C=O) groups is 1. The molecule has 0 fully saturated rings. The average molecular weight is 166 g/mol. The average Bonchev–Trinajstić information content (AvgIpc) is 1.84. The maximum atomic E-state index is 10.5. The summed E-state index contributed by atoms with van der Waals surface area (Å²) in [5, 5.41) is 9.06. The smallest absolute Gasteiger partial charge is 0.156 e. The molecule has 0 aromatic carbocycles. The fraction of sp³-hybridized carbons (Fsp3) is 0.300. The van der Waals surface area contributed by atoms with Crippen LogP contribution in [0.25, 0.3) is 0 Å². The zero-order chi connectivity index (χ0) is 9.56. The van der Waals surface area contributed by atoms with E-state index in [1.54, 1.807) is 6.08 Å². The number of hydrogen-bond donors (Lipinski definition) is 1. The van der Waals surface area contributed by atoms with Crippen molar-refractivity contribution in [3.63, 3.8) is 0 Å². The number of aliphatic hydroxyl groups is 1. The van der Waals surface area contributed by atoms with E-state index in [1.165, 1.54) is 19.1 Å². The van der Waals surface area contributed by atoms with Crippen LogP contribution in [0.15, 0.2) is 35.6 Å². The van der Waals surface area contributed by atoms with Gasteiger partial charge in [0.25, 0.3) is 0 Å². The Labute approximate surface area is 72.9 Å². The van der Waals surface area contributed by atoms with Crippen LogP contribution in [0.4, 0.5) is 0 Å². The van der Waals surface area contributed by atoms with Crippen molar-refractivity contribution in [1.29, 1.82) is 0 Å². The molecule has 0 aromatic rings. The number of carbonyl (C=O) groups excluding carboxylic acids is 1. The van der Waals surface area contributed by atoms with E-state index >= 15 is 0 Å². The van der Waals surface area contributed by atoms with Crippen molar-refractivity contribution < 1.29 is 9.90 Å². The Bertz CT molecular complexity index is 241. The van der Waals surface area contributed by atoms with Gasteiger partial charge in [0, 0.05) is 6.08 Å². The second-order valence-corrected chi connectivity index (χ2v) is 2.78. The molecule has 0 aliphatic rings. The molecule has 0 saturated heterocycles. The van der Waals surface area contributed by atoms with Gasteiger partial charge in [0.2, 0.25) is 0 Å². The number of rotatable bonds is 3. The van der Waals surface area contributed by atoms with Gasteiger partial charge in [-0.05, 0) is 26.8 Å². The van der Waals surface area contributed by atoms with Crippen LogP contribution < -0.4 is 0 Å². The van der Waals surface area contributed by atoms with Crippen LogP contribution in [0.2, 0.25) is 0 Å². The quantitative estimate of drug-likeness (QED) is 0.397. The molecule has 0 aliphatic heterocycles. The van der Waals surface area contributed by atoms with Gasteiger partial charge in [0.1, 0.15) is 5.76 Å². The van der Waals surface area contributed by atoms with Gasteiger partial charge in [0.05, 0.1) is 0 Å². The zero-order valence-corrected chi connectivity index (χ0v) is 7.66. The number of hydrogen-bond acceptors (Lipinski definition) is 2. The predicted molar refractivity (Wildman–Crippen MR) is 50.0 cm³/mol. The standard InChI is InChI=1S/C10H14O2/c1-8(2)5-4-6-10(12)7-9(3)11/h4-7,12H,1-3H3/b6-4+,10-7-. The Morgan fingerprint density at radius 1 is 1.25 bits per heavy atom. The first kappa shape index (κ1) is 10.7. The maximum absolute atomic E-state index is 10.5. The van der Waals surface area contributed by atoms with Gasteiger partial charge in [-0.1, -0.05) is 17.7 Å². The van der Waals surface area contributed by atoms with Crippen molar-refractivity contribution in [3.8, 4) is 0 Å². The first-order chi connectivity index (χ1) is 5.52. The van der Waals surface area contributed by atoms with E-state index in [1.807, 2.05) is 19.9 Å². The highest BCUT2D eigenvalue weighted by atomic mass is 16.3. The zero-order valence-electron chi connectivity index (χ0n) is 7.66. The van der Waals surface area contributed by atoms with Crippen molar-refractivity contribution in [2.75, 3.05) is 0 Å². The van der Waals surface area contributed by atoms with Crippen molar-refractivity contribution in [1.82, 2.24) is 0 Å². The Morgan fingerprint density at radius 2 is 1.83 bits per heavy atom. The third-order valence-corrected chi connectivity index (χ3v) is 1.05. The first-order valence-electron chi connectivity index (χ1n) is 3.75. The van der Waals surface area contributed by atoms with Crippen LogP contribution in [-0.4, -0.2) is 10.9 Å². The largest absolute Gasteiger partial charge is 0.508 e. The van der Waals surface area contributed by atoms with Crippen LogP contribution in [0.5, 0.6) is 0 Å². The molecule has 2 heteroatoms. The molecule has 0 aromatic heterocycles. The molecule has 66 valence electrons. The second-order valence-electron chi connectivity index (χ2n) is 2.78. The van der Waals surface area contributed by atoms with Crippen LogP contribution in [-0.2, 0) is 4.79 Å². The lowest BCUT2D eigenvalue weighted by Gasteiger charge is -1.87. The topological polar surface area (TPSA) is 37.3 Å². The summed E-state index contributed by atoms with van der Waals surface area (Å²) in [6.07, 6.45) is 6.21. The molecule has 2 nitrogen and oxygen atoms in total. The van der Waals surface area contributed by atoms with E-state index in [0.717, 1.165) is 5.57 Å². The summed E-state index contributed by atoms with van der Waals surface area (Å²) in [6, 6.07) is 0. The van der Waals surface area contributed by atoms with Crippen molar-refractivity contribution in [2.45, 2.75) is 20.8 Å². The SMILES string of the molecule is CC(=O)/C=C(O)/C=C/C=C(C)C. The molecule has 0 aliphatic carbocycles. The lowest BCUT2D eigenvalue weighted by molar-refractivity contribution is -0.112. The number of ketones is 1. The Hall–Kier alpha value is -1.31. The fourth-order valence-corrected chi connectivity index (χ4v) is 0.596. The highest BCUT2D eigenvalue weighted by molar-refractivity contribution is 5.87. The summed E-state index contributed by atoms with van der Waals surface area (Å²) >= 11 is 0. The molecule has 0 spiro atoms. The molecule has 0 unspecified atom stereocenters. The minimum Gasteiger partial charge on any atom is -0.508 e.